The average molecular weight is 251 g/mol. The van der Waals surface area contributed by atoms with E-state index >= 15 is 0 Å². The maximum atomic E-state index is 11.1. The Hall–Kier alpha value is -0.503. The summed E-state index contributed by atoms with van der Waals surface area (Å²) in [5.74, 6) is 0. The smallest absolute Gasteiger partial charge is 1.00 e. The first kappa shape index (κ1) is 13.6. The molecule has 16 heavy (non-hydrogen) atoms. The van der Waals surface area contributed by atoms with Gasteiger partial charge < -0.3 is 1.43 Å². The van der Waals surface area contributed by atoms with E-state index in [0.29, 0.717) is 5.39 Å². The first-order valence-corrected chi connectivity index (χ1v) is 5.97. The van der Waals surface area contributed by atoms with Gasteiger partial charge in [0.1, 0.15) is 4.90 Å². The molecule has 0 unspecified atom stereocenters. The van der Waals surface area contributed by atoms with Crippen molar-refractivity contribution >= 4 is 32.5 Å². The standard InChI is InChI=1S/C10H7ClO3S.Li.H/c11-9-6-5-7-3-1-2-4-8(7)10(9)15(12,13)14;;/h1-6H,(H,12,13,14);;/q;+1;-1. The van der Waals surface area contributed by atoms with Gasteiger partial charge in [0.25, 0.3) is 10.1 Å². The van der Waals surface area contributed by atoms with Crippen molar-refractivity contribution in [1.82, 2.24) is 0 Å². The summed E-state index contributed by atoms with van der Waals surface area (Å²) in [7, 11) is -4.29. The fourth-order valence-electron chi connectivity index (χ4n) is 1.48. The second-order valence-electron chi connectivity index (χ2n) is 3.07. The first-order chi connectivity index (χ1) is 7.00. The summed E-state index contributed by atoms with van der Waals surface area (Å²) in [6, 6.07) is 9.97. The zero-order valence-electron chi connectivity index (χ0n) is 9.51. The van der Waals surface area contributed by atoms with Crippen molar-refractivity contribution in [3.63, 3.8) is 0 Å². The molecule has 0 aliphatic rings. The number of halogens is 1. The van der Waals surface area contributed by atoms with Crippen LogP contribution in [0.1, 0.15) is 1.43 Å². The summed E-state index contributed by atoms with van der Waals surface area (Å²) in [5, 5.41) is 1.17. The molecule has 0 spiro atoms. The van der Waals surface area contributed by atoms with Gasteiger partial charge in [0, 0.05) is 5.39 Å². The molecule has 0 fully saturated rings. The Morgan fingerprint density at radius 2 is 1.75 bits per heavy atom. The largest absolute Gasteiger partial charge is 1.00 e. The molecule has 80 valence electrons. The molecule has 0 aromatic heterocycles. The van der Waals surface area contributed by atoms with Gasteiger partial charge in [-0.1, -0.05) is 41.9 Å². The summed E-state index contributed by atoms with van der Waals surface area (Å²) in [6.45, 7) is 0. The van der Waals surface area contributed by atoms with Crippen LogP contribution in [0.2, 0.25) is 5.02 Å². The van der Waals surface area contributed by atoms with Gasteiger partial charge in [0.05, 0.1) is 5.02 Å². The average Bonchev–Trinajstić information content (AvgIpc) is 2.15. The maximum absolute atomic E-state index is 11.1. The van der Waals surface area contributed by atoms with Crippen LogP contribution < -0.4 is 18.9 Å². The van der Waals surface area contributed by atoms with Crippen LogP contribution in [0.15, 0.2) is 41.3 Å². The predicted molar refractivity (Wildman–Crippen MR) is 59.9 cm³/mol. The Balaban J connectivity index is 0.00000128. The molecular formula is C10H8ClLiO3S. The third kappa shape index (κ3) is 2.42. The minimum atomic E-state index is -4.29. The van der Waals surface area contributed by atoms with Crippen molar-refractivity contribution in [2.45, 2.75) is 4.90 Å². The van der Waals surface area contributed by atoms with Gasteiger partial charge in [-0.3, -0.25) is 4.55 Å². The molecule has 0 atom stereocenters. The number of benzene rings is 2. The molecule has 2 rings (SSSR count). The summed E-state index contributed by atoms with van der Waals surface area (Å²) < 4.78 is 31.3. The number of fused-ring (bicyclic) bond motifs is 1. The van der Waals surface area contributed by atoms with Crippen LogP contribution in [0.5, 0.6) is 0 Å². The first-order valence-electron chi connectivity index (χ1n) is 4.15. The molecule has 0 saturated heterocycles. The van der Waals surface area contributed by atoms with Gasteiger partial charge in [-0.15, -0.1) is 0 Å². The molecule has 0 aliphatic carbocycles. The second-order valence-corrected chi connectivity index (χ2v) is 4.84. The summed E-state index contributed by atoms with van der Waals surface area (Å²) >= 11 is 5.75. The molecule has 0 heterocycles. The van der Waals surface area contributed by atoms with Crippen molar-refractivity contribution in [2.75, 3.05) is 0 Å². The van der Waals surface area contributed by atoms with Crippen molar-refractivity contribution in [2.24, 2.45) is 0 Å². The Labute approximate surface area is 112 Å². The molecule has 6 heteroatoms. The topological polar surface area (TPSA) is 54.4 Å². The SMILES string of the molecule is O=S(=O)(O)c1c(Cl)ccc2ccccc12.[H-].[Li+]. The third-order valence-corrected chi connectivity index (χ3v) is 3.47. The van der Waals surface area contributed by atoms with Crippen LogP contribution in [0, 0.1) is 0 Å². The monoisotopic (exact) mass is 250 g/mol. The fourth-order valence-corrected chi connectivity index (χ4v) is 2.71. The minimum Gasteiger partial charge on any atom is -1.00 e. The van der Waals surface area contributed by atoms with E-state index in [9.17, 15) is 8.42 Å². The summed E-state index contributed by atoms with van der Waals surface area (Å²) in [5.41, 5.74) is 0. The van der Waals surface area contributed by atoms with Gasteiger partial charge in [-0.05, 0) is 11.5 Å². The predicted octanol–water partition coefficient (Wildman–Crippen LogP) is -0.144. The minimum absolute atomic E-state index is 0. The third-order valence-electron chi connectivity index (χ3n) is 2.09. The number of rotatable bonds is 1. The van der Waals surface area contributed by atoms with Crippen LogP contribution >= 0.6 is 11.6 Å². The molecule has 0 amide bonds. The van der Waals surface area contributed by atoms with Gasteiger partial charge >= 0.3 is 18.9 Å². The van der Waals surface area contributed by atoms with Crippen molar-refractivity contribution in [3.8, 4) is 0 Å². The maximum Gasteiger partial charge on any atom is 1.00 e. The van der Waals surface area contributed by atoms with E-state index in [1.807, 2.05) is 0 Å². The van der Waals surface area contributed by atoms with Gasteiger partial charge in [0.2, 0.25) is 0 Å². The van der Waals surface area contributed by atoms with Crippen LogP contribution in [-0.2, 0) is 10.1 Å². The van der Waals surface area contributed by atoms with E-state index in [0.717, 1.165) is 5.39 Å². The molecule has 0 radical (unpaired) electrons. The zero-order valence-corrected chi connectivity index (χ0v) is 10.1. The molecular weight excluding hydrogens is 243 g/mol. The van der Waals surface area contributed by atoms with E-state index in [1.165, 1.54) is 6.07 Å². The zero-order chi connectivity index (χ0) is 11.1. The molecule has 2 aromatic carbocycles. The van der Waals surface area contributed by atoms with E-state index in [4.69, 9.17) is 16.2 Å². The molecule has 1 N–H and O–H groups in total. The summed E-state index contributed by atoms with van der Waals surface area (Å²) in [4.78, 5) is -0.234. The Bertz CT molecular complexity index is 630. The summed E-state index contributed by atoms with van der Waals surface area (Å²) in [6.07, 6.45) is 0. The van der Waals surface area contributed by atoms with Gasteiger partial charge in [-0.2, -0.15) is 8.42 Å². The van der Waals surface area contributed by atoms with E-state index in [2.05, 4.69) is 0 Å². The Morgan fingerprint density at radius 3 is 2.38 bits per heavy atom. The molecule has 2 aromatic rings. The molecule has 0 saturated carbocycles. The van der Waals surface area contributed by atoms with Crippen LogP contribution in [0.4, 0.5) is 0 Å². The van der Waals surface area contributed by atoms with Crippen LogP contribution in [-0.4, -0.2) is 13.0 Å². The van der Waals surface area contributed by atoms with Gasteiger partial charge in [0.15, 0.2) is 0 Å². The Kier molecular flexibility index (Phi) is 4.05. The van der Waals surface area contributed by atoms with E-state index < -0.39 is 10.1 Å². The normalized spacial score (nSPS) is 11.1. The molecule has 0 aliphatic heterocycles. The molecule has 3 nitrogen and oxygen atoms in total. The van der Waals surface area contributed by atoms with Gasteiger partial charge in [-0.25, -0.2) is 0 Å². The van der Waals surface area contributed by atoms with E-state index in [-0.39, 0.29) is 30.2 Å². The number of hydrogen-bond donors (Lipinski definition) is 1. The van der Waals surface area contributed by atoms with E-state index in [1.54, 1.807) is 30.3 Å². The van der Waals surface area contributed by atoms with Crippen molar-refractivity contribution in [3.05, 3.63) is 41.4 Å². The second kappa shape index (κ2) is 4.78. The van der Waals surface area contributed by atoms with Crippen molar-refractivity contribution in [1.29, 1.82) is 0 Å². The Morgan fingerprint density at radius 1 is 1.12 bits per heavy atom. The number of hydrogen-bond acceptors (Lipinski definition) is 2. The van der Waals surface area contributed by atoms with Crippen LogP contribution in [0.25, 0.3) is 10.8 Å². The fraction of sp³-hybridized carbons (Fsp3) is 0. The quantitative estimate of drug-likeness (QED) is 0.566. The molecule has 0 bridgehead atoms. The van der Waals surface area contributed by atoms with Crippen molar-refractivity contribution < 1.29 is 33.3 Å². The van der Waals surface area contributed by atoms with Crippen LogP contribution in [0.3, 0.4) is 0 Å².